The summed E-state index contributed by atoms with van der Waals surface area (Å²) in [6.07, 6.45) is 3.40. The van der Waals surface area contributed by atoms with E-state index in [1.807, 2.05) is 42.5 Å². The molecular formula is C23H17ClI2O3. The third kappa shape index (κ3) is 6.20. The highest BCUT2D eigenvalue weighted by atomic mass is 127. The minimum atomic E-state index is -0.0549. The summed E-state index contributed by atoms with van der Waals surface area (Å²) in [5.41, 5.74) is 2.61. The Bertz CT molecular complexity index is 1010. The molecule has 0 saturated heterocycles. The zero-order valence-electron chi connectivity index (χ0n) is 15.5. The standard InChI is InChI=1S/C23H17ClI2O3/c1-28-19-9-5-17(6-10-19)22(27)11-4-16-12-20(25)23(21(26)13-16)29-14-15-2-7-18(24)8-3-15/h2-13H,14H2,1H3/b11-4+. The van der Waals surface area contributed by atoms with Gasteiger partial charge in [-0.15, -0.1) is 0 Å². The summed E-state index contributed by atoms with van der Waals surface area (Å²) in [7, 11) is 1.60. The Labute approximate surface area is 202 Å². The highest BCUT2D eigenvalue weighted by Gasteiger charge is 2.09. The number of carbonyl (C=O) groups excluding carboxylic acids is 1. The van der Waals surface area contributed by atoms with Crippen LogP contribution in [0.25, 0.3) is 6.08 Å². The molecular weight excluding hydrogens is 614 g/mol. The van der Waals surface area contributed by atoms with E-state index in [0.29, 0.717) is 17.2 Å². The third-order valence-corrected chi connectivity index (χ3v) is 5.97. The molecule has 29 heavy (non-hydrogen) atoms. The van der Waals surface area contributed by atoms with Gasteiger partial charge in [-0.2, -0.15) is 0 Å². The summed E-state index contributed by atoms with van der Waals surface area (Å²) >= 11 is 10.4. The van der Waals surface area contributed by atoms with Crippen molar-refractivity contribution in [3.8, 4) is 11.5 Å². The normalized spacial score (nSPS) is 10.9. The van der Waals surface area contributed by atoms with Crippen LogP contribution in [0.3, 0.4) is 0 Å². The second-order valence-electron chi connectivity index (χ2n) is 6.15. The monoisotopic (exact) mass is 630 g/mol. The maximum atomic E-state index is 12.4. The van der Waals surface area contributed by atoms with Crippen molar-refractivity contribution in [1.29, 1.82) is 0 Å². The van der Waals surface area contributed by atoms with Crippen LogP contribution in [0.5, 0.6) is 11.5 Å². The molecule has 0 heterocycles. The van der Waals surface area contributed by atoms with Gasteiger partial charge in [0.05, 0.1) is 14.3 Å². The summed E-state index contributed by atoms with van der Waals surface area (Å²) in [5, 5.41) is 0.707. The van der Waals surface area contributed by atoms with E-state index in [0.717, 1.165) is 29.8 Å². The van der Waals surface area contributed by atoms with Crippen LogP contribution < -0.4 is 9.47 Å². The fraction of sp³-hybridized carbons (Fsp3) is 0.0870. The molecule has 0 radical (unpaired) electrons. The van der Waals surface area contributed by atoms with Crippen molar-refractivity contribution in [3.05, 3.63) is 95.6 Å². The largest absolute Gasteiger partial charge is 0.497 e. The van der Waals surface area contributed by atoms with Crippen LogP contribution in [0.15, 0.2) is 66.7 Å². The van der Waals surface area contributed by atoms with E-state index in [4.69, 9.17) is 21.1 Å². The van der Waals surface area contributed by atoms with Crippen molar-refractivity contribution in [2.24, 2.45) is 0 Å². The molecule has 3 rings (SSSR count). The predicted octanol–water partition coefficient (Wildman–Crippen LogP) is 7.03. The molecule has 3 aromatic carbocycles. The van der Waals surface area contributed by atoms with Crippen LogP contribution in [0.1, 0.15) is 21.5 Å². The topological polar surface area (TPSA) is 35.5 Å². The van der Waals surface area contributed by atoms with Gasteiger partial charge in [0.25, 0.3) is 0 Å². The first-order valence-corrected chi connectivity index (χ1v) is 11.2. The van der Waals surface area contributed by atoms with Gasteiger partial charge >= 0.3 is 0 Å². The third-order valence-electron chi connectivity index (χ3n) is 4.12. The smallest absolute Gasteiger partial charge is 0.185 e. The van der Waals surface area contributed by atoms with E-state index >= 15 is 0 Å². The molecule has 0 bridgehead atoms. The molecule has 0 amide bonds. The van der Waals surface area contributed by atoms with Gasteiger partial charge in [-0.3, -0.25) is 4.79 Å². The van der Waals surface area contributed by atoms with E-state index in [1.54, 1.807) is 37.5 Å². The van der Waals surface area contributed by atoms with E-state index in [-0.39, 0.29) is 5.78 Å². The number of hydrogen-bond acceptors (Lipinski definition) is 3. The van der Waals surface area contributed by atoms with Crippen molar-refractivity contribution in [2.75, 3.05) is 7.11 Å². The Kier molecular flexibility index (Phi) is 7.97. The lowest BCUT2D eigenvalue weighted by molar-refractivity contribution is 0.104. The van der Waals surface area contributed by atoms with Crippen LogP contribution in [-0.4, -0.2) is 12.9 Å². The number of methoxy groups -OCH3 is 1. The molecule has 0 aliphatic carbocycles. The number of rotatable bonds is 7. The van der Waals surface area contributed by atoms with Crippen molar-refractivity contribution >= 4 is 68.6 Å². The number of carbonyl (C=O) groups is 1. The first kappa shape index (κ1) is 22.1. The number of allylic oxidation sites excluding steroid dienone is 1. The van der Waals surface area contributed by atoms with Gasteiger partial charge < -0.3 is 9.47 Å². The van der Waals surface area contributed by atoms with Gasteiger partial charge in [0.1, 0.15) is 18.1 Å². The van der Waals surface area contributed by atoms with Crippen molar-refractivity contribution < 1.29 is 14.3 Å². The zero-order valence-corrected chi connectivity index (χ0v) is 20.6. The number of hydrogen-bond donors (Lipinski definition) is 0. The highest BCUT2D eigenvalue weighted by Crippen LogP contribution is 2.30. The number of ether oxygens (including phenoxy) is 2. The van der Waals surface area contributed by atoms with Gasteiger partial charge in [-0.1, -0.05) is 29.8 Å². The SMILES string of the molecule is COc1ccc(C(=O)/C=C/c2cc(I)c(OCc3ccc(Cl)cc3)c(I)c2)cc1. The first-order valence-electron chi connectivity index (χ1n) is 8.69. The summed E-state index contributed by atoms with van der Waals surface area (Å²) in [5.74, 6) is 1.50. The molecule has 0 fully saturated rings. The van der Waals surface area contributed by atoms with Gasteiger partial charge in [-0.05, 0) is 111 Å². The molecule has 0 unspecified atom stereocenters. The molecule has 0 spiro atoms. The van der Waals surface area contributed by atoms with Gasteiger partial charge in [-0.25, -0.2) is 0 Å². The summed E-state index contributed by atoms with van der Waals surface area (Å²) in [4.78, 5) is 12.4. The summed E-state index contributed by atoms with van der Waals surface area (Å²) in [6.45, 7) is 0.467. The number of halogens is 3. The minimum absolute atomic E-state index is 0.0549. The lowest BCUT2D eigenvalue weighted by Crippen LogP contribution is -1.99. The lowest BCUT2D eigenvalue weighted by Gasteiger charge is -2.11. The van der Waals surface area contributed by atoms with Gasteiger partial charge in [0, 0.05) is 10.6 Å². The Hall–Kier alpha value is -1.58. The van der Waals surface area contributed by atoms with Crippen molar-refractivity contribution in [2.45, 2.75) is 6.61 Å². The Balaban J connectivity index is 1.69. The summed E-state index contributed by atoms with van der Waals surface area (Å²) < 4.78 is 13.1. The van der Waals surface area contributed by atoms with Crippen LogP contribution in [0.2, 0.25) is 5.02 Å². The fourth-order valence-corrected chi connectivity index (χ4v) is 4.83. The molecule has 0 aliphatic heterocycles. The molecule has 0 aromatic heterocycles. The number of ketones is 1. The second kappa shape index (κ2) is 10.4. The highest BCUT2D eigenvalue weighted by molar-refractivity contribution is 14.1. The van der Waals surface area contributed by atoms with Gasteiger partial charge in [0.15, 0.2) is 5.78 Å². The van der Waals surface area contributed by atoms with E-state index in [9.17, 15) is 4.79 Å². The number of benzene rings is 3. The predicted molar refractivity (Wildman–Crippen MR) is 134 cm³/mol. The Morgan fingerprint density at radius 1 is 1.00 bits per heavy atom. The fourth-order valence-electron chi connectivity index (χ4n) is 2.57. The Morgan fingerprint density at radius 2 is 1.62 bits per heavy atom. The molecule has 0 saturated carbocycles. The first-order chi connectivity index (χ1) is 14.0. The molecule has 6 heteroatoms. The van der Waals surface area contributed by atoms with Gasteiger partial charge in [0.2, 0.25) is 0 Å². The molecule has 3 aromatic rings. The average molecular weight is 631 g/mol. The maximum absolute atomic E-state index is 12.4. The summed E-state index contributed by atoms with van der Waals surface area (Å²) in [6, 6.07) is 18.7. The zero-order chi connectivity index (χ0) is 20.8. The molecule has 148 valence electrons. The van der Waals surface area contributed by atoms with Crippen LogP contribution in [0.4, 0.5) is 0 Å². The Morgan fingerprint density at radius 3 is 2.21 bits per heavy atom. The van der Waals surface area contributed by atoms with Crippen LogP contribution in [-0.2, 0) is 6.61 Å². The minimum Gasteiger partial charge on any atom is -0.497 e. The average Bonchev–Trinajstić information content (AvgIpc) is 2.72. The van der Waals surface area contributed by atoms with E-state index in [2.05, 4.69) is 45.2 Å². The van der Waals surface area contributed by atoms with E-state index < -0.39 is 0 Å². The lowest BCUT2D eigenvalue weighted by atomic mass is 10.1. The van der Waals surface area contributed by atoms with Crippen LogP contribution >= 0.6 is 56.8 Å². The molecule has 0 N–H and O–H groups in total. The quantitative estimate of drug-likeness (QED) is 0.160. The molecule has 3 nitrogen and oxygen atoms in total. The van der Waals surface area contributed by atoms with Crippen molar-refractivity contribution in [1.82, 2.24) is 0 Å². The maximum Gasteiger partial charge on any atom is 0.185 e. The molecule has 0 atom stereocenters. The van der Waals surface area contributed by atoms with Crippen molar-refractivity contribution in [3.63, 3.8) is 0 Å². The molecule has 0 aliphatic rings. The van der Waals surface area contributed by atoms with Crippen LogP contribution in [0, 0.1) is 7.14 Å². The second-order valence-corrected chi connectivity index (χ2v) is 8.92. The van der Waals surface area contributed by atoms with E-state index in [1.165, 1.54) is 0 Å².